The van der Waals surface area contributed by atoms with Gasteiger partial charge in [-0.1, -0.05) is 51.1 Å². The Hall–Kier alpha value is -1.35. The molecule has 2 atom stereocenters. The summed E-state index contributed by atoms with van der Waals surface area (Å²) in [6.45, 7) is 6.53. The lowest BCUT2D eigenvalue weighted by Gasteiger charge is -2.23. The Labute approximate surface area is 109 Å². The van der Waals surface area contributed by atoms with Gasteiger partial charge in [-0.2, -0.15) is 0 Å². The first kappa shape index (κ1) is 13.1. The van der Waals surface area contributed by atoms with Crippen molar-refractivity contribution in [3.05, 3.63) is 35.9 Å². The summed E-state index contributed by atoms with van der Waals surface area (Å²) in [5.41, 5.74) is 0.872. The van der Waals surface area contributed by atoms with Gasteiger partial charge in [0, 0.05) is 5.41 Å². The zero-order valence-electron chi connectivity index (χ0n) is 11.3. The van der Waals surface area contributed by atoms with E-state index in [0.717, 1.165) is 13.0 Å². The van der Waals surface area contributed by atoms with Crippen LogP contribution in [-0.2, 0) is 16.0 Å². The lowest BCUT2D eigenvalue weighted by Crippen LogP contribution is -2.45. The van der Waals surface area contributed by atoms with E-state index in [1.54, 1.807) is 0 Å². The highest BCUT2D eigenvalue weighted by Gasteiger charge is 2.35. The summed E-state index contributed by atoms with van der Waals surface area (Å²) in [6, 6.07) is 10.3. The molecule has 0 radical (unpaired) electrons. The Kier molecular flexibility index (Phi) is 3.71. The third-order valence-electron chi connectivity index (χ3n) is 3.10. The highest BCUT2D eigenvalue weighted by Crippen LogP contribution is 2.20. The fraction of sp³-hybridized carbons (Fsp3) is 0.533. The van der Waals surface area contributed by atoms with E-state index < -0.39 is 0 Å². The van der Waals surface area contributed by atoms with Crippen LogP contribution in [0.4, 0.5) is 0 Å². The third-order valence-corrected chi connectivity index (χ3v) is 3.10. The fourth-order valence-corrected chi connectivity index (χ4v) is 1.82. The maximum atomic E-state index is 12.0. The van der Waals surface area contributed by atoms with E-state index in [9.17, 15) is 4.79 Å². The summed E-state index contributed by atoms with van der Waals surface area (Å²) >= 11 is 0. The van der Waals surface area contributed by atoms with Crippen molar-refractivity contribution in [2.24, 2.45) is 5.41 Å². The lowest BCUT2D eigenvalue weighted by atomic mass is 9.94. The van der Waals surface area contributed by atoms with E-state index in [4.69, 9.17) is 4.74 Å². The van der Waals surface area contributed by atoms with Crippen molar-refractivity contribution >= 4 is 5.91 Å². The van der Waals surface area contributed by atoms with E-state index in [1.165, 1.54) is 5.56 Å². The minimum Gasteiger partial charge on any atom is -0.371 e. The van der Waals surface area contributed by atoms with Crippen LogP contribution >= 0.6 is 0 Å². The van der Waals surface area contributed by atoms with Crippen molar-refractivity contribution in [3.63, 3.8) is 0 Å². The van der Waals surface area contributed by atoms with Gasteiger partial charge in [-0.25, -0.2) is 0 Å². The molecular weight excluding hydrogens is 226 g/mol. The number of amides is 1. The first-order chi connectivity index (χ1) is 8.47. The van der Waals surface area contributed by atoms with Crippen LogP contribution in [0, 0.1) is 5.41 Å². The van der Waals surface area contributed by atoms with Gasteiger partial charge in [-0.05, 0) is 12.0 Å². The number of hydrogen-bond donors (Lipinski definition) is 1. The number of rotatable bonds is 4. The maximum Gasteiger partial charge on any atom is 0.225 e. The molecule has 3 heteroatoms. The molecule has 1 heterocycles. The largest absolute Gasteiger partial charge is 0.371 e. The Bertz CT molecular complexity index is 404. The summed E-state index contributed by atoms with van der Waals surface area (Å²) in [6.07, 6.45) is 1.00. The van der Waals surface area contributed by atoms with Crippen LogP contribution in [-0.4, -0.2) is 24.7 Å². The number of carbonyl (C=O) groups excluding carboxylic acids is 1. The quantitative estimate of drug-likeness (QED) is 0.828. The van der Waals surface area contributed by atoms with Crippen LogP contribution in [0.1, 0.15) is 26.3 Å². The molecule has 1 aliphatic heterocycles. The van der Waals surface area contributed by atoms with Crippen molar-refractivity contribution in [1.82, 2.24) is 5.32 Å². The summed E-state index contributed by atoms with van der Waals surface area (Å²) in [5.74, 6) is 0.0823. The Morgan fingerprint density at radius 2 is 2.00 bits per heavy atom. The molecule has 1 unspecified atom stereocenters. The fourth-order valence-electron chi connectivity index (χ4n) is 1.82. The normalized spacial score (nSPS) is 20.3. The Balaban J connectivity index is 1.99. The second kappa shape index (κ2) is 5.11. The topological polar surface area (TPSA) is 41.6 Å². The van der Waals surface area contributed by atoms with Gasteiger partial charge < -0.3 is 10.1 Å². The van der Waals surface area contributed by atoms with Crippen molar-refractivity contribution in [1.29, 1.82) is 0 Å². The summed E-state index contributed by atoms with van der Waals surface area (Å²) < 4.78 is 5.34. The van der Waals surface area contributed by atoms with Crippen LogP contribution in [0.5, 0.6) is 0 Å². The number of ether oxygens (including phenoxy) is 1. The molecular formula is C15H21NO2. The van der Waals surface area contributed by atoms with Gasteiger partial charge in [0.25, 0.3) is 0 Å². The van der Waals surface area contributed by atoms with E-state index in [0.29, 0.717) is 0 Å². The molecule has 1 fully saturated rings. The molecule has 1 aliphatic rings. The Morgan fingerprint density at radius 3 is 2.50 bits per heavy atom. The van der Waals surface area contributed by atoms with Crippen molar-refractivity contribution < 1.29 is 9.53 Å². The van der Waals surface area contributed by atoms with Crippen LogP contribution in [0.15, 0.2) is 30.3 Å². The van der Waals surface area contributed by atoms with Crippen LogP contribution in [0.2, 0.25) is 0 Å². The predicted molar refractivity (Wildman–Crippen MR) is 71.3 cm³/mol. The van der Waals surface area contributed by atoms with E-state index in [-0.39, 0.29) is 23.5 Å². The molecule has 0 aliphatic carbocycles. The van der Waals surface area contributed by atoms with E-state index >= 15 is 0 Å². The molecule has 1 N–H and O–H groups in total. The van der Waals surface area contributed by atoms with Gasteiger partial charge >= 0.3 is 0 Å². The summed E-state index contributed by atoms with van der Waals surface area (Å²) in [5, 5.41) is 3.10. The maximum absolute atomic E-state index is 12.0. The molecule has 1 amide bonds. The van der Waals surface area contributed by atoms with Crippen molar-refractivity contribution in [2.45, 2.75) is 39.3 Å². The SMILES string of the molecule is CC(C)(C)C(=O)N[C@H](Cc1ccccc1)C1CO1. The van der Waals surface area contributed by atoms with Gasteiger partial charge in [-0.3, -0.25) is 4.79 Å². The van der Waals surface area contributed by atoms with E-state index in [2.05, 4.69) is 17.4 Å². The molecule has 1 saturated heterocycles. The minimum absolute atomic E-state index is 0.0823. The number of epoxide rings is 1. The minimum atomic E-state index is -0.357. The zero-order valence-corrected chi connectivity index (χ0v) is 11.3. The lowest BCUT2D eigenvalue weighted by molar-refractivity contribution is -0.129. The second-order valence-electron chi connectivity index (χ2n) is 5.89. The average Bonchev–Trinajstić information content (AvgIpc) is 3.12. The molecule has 98 valence electrons. The number of benzene rings is 1. The van der Waals surface area contributed by atoms with Gasteiger partial charge in [0.15, 0.2) is 0 Å². The van der Waals surface area contributed by atoms with Gasteiger partial charge in [-0.15, -0.1) is 0 Å². The number of carbonyl (C=O) groups is 1. The smallest absolute Gasteiger partial charge is 0.225 e. The molecule has 3 nitrogen and oxygen atoms in total. The summed E-state index contributed by atoms with van der Waals surface area (Å²) in [4.78, 5) is 12.0. The van der Waals surface area contributed by atoms with Crippen LogP contribution < -0.4 is 5.32 Å². The highest BCUT2D eigenvalue weighted by molar-refractivity contribution is 5.81. The molecule has 0 bridgehead atoms. The average molecular weight is 247 g/mol. The molecule has 0 saturated carbocycles. The highest BCUT2D eigenvalue weighted by atomic mass is 16.6. The molecule has 2 rings (SSSR count). The van der Waals surface area contributed by atoms with Crippen molar-refractivity contribution in [2.75, 3.05) is 6.61 Å². The van der Waals surface area contributed by atoms with Gasteiger partial charge in [0.2, 0.25) is 5.91 Å². The number of hydrogen-bond acceptors (Lipinski definition) is 2. The first-order valence-electron chi connectivity index (χ1n) is 6.43. The molecule has 18 heavy (non-hydrogen) atoms. The molecule has 0 aromatic heterocycles. The number of nitrogens with one attached hydrogen (secondary N) is 1. The van der Waals surface area contributed by atoms with Crippen LogP contribution in [0.3, 0.4) is 0 Å². The predicted octanol–water partition coefficient (Wildman–Crippen LogP) is 2.16. The van der Waals surface area contributed by atoms with Gasteiger partial charge in [0.1, 0.15) is 6.10 Å². The third kappa shape index (κ3) is 3.57. The molecule has 1 aromatic carbocycles. The zero-order chi connectivity index (χ0) is 13.2. The van der Waals surface area contributed by atoms with Crippen molar-refractivity contribution in [3.8, 4) is 0 Å². The Morgan fingerprint density at radius 1 is 1.39 bits per heavy atom. The standard InChI is InChI=1S/C15H21NO2/c1-15(2,3)14(17)16-12(13-10-18-13)9-11-7-5-4-6-8-11/h4-8,12-13H,9-10H2,1-3H3,(H,16,17)/t12-,13?/m1/s1. The first-order valence-corrected chi connectivity index (χ1v) is 6.43. The van der Waals surface area contributed by atoms with Crippen LogP contribution in [0.25, 0.3) is 0 Å². The van der Waals surface area contributed by atoms with Gasteiger partial charge in [0.05, 0.1) is 12.6 Å². The molecule has 0 spiro atoms. The second-order valence-corrected chi connectivity index (χ2v) is 5.89. The van der Waals surface area contributed by atoms with E-state index in [1.807, 2.05) is 39.0 Å². The summed E-state index contributed by atoms with van der Waals surface area (Å²) in [7, 11) is 0. The monoisotopic (exact) mass is 247 g/mol. The molecule has 1 aromatic rings.